The van der Waals surface area contributed by atoms with E-state index in [2.05, 4.69) is 79.2 Å². The summed E-state index contributed by atoms with van der Waals surface area (Å²) in [5.41, 5.74) is 2.31. The molecule has 0 saturated carbocycles. The highest BCUT2D eigenvalue weighted by molar-refractivity contribution is 7.12. The third-order valence-corrected chi connectivity index (χ3v) is 10.3. The molecule has 0 aliphatic heterocycles. The number of nitrogens with one attached hydrogen (secondary N) is 1. The average molecular weight is 374 g/mol. The summed E-state index contributed by atoms with van der Waals surface area (Å²) in [6.45, 7) is 13.0. The SMILES string of the molecule is CC(C)(C)[Si](C)(C)OCCNc1ccc2c(ccn2-c2nccs2)c1. The van der Waals surface area contributed by atoms with E-state index in [1.165, 1.54) is 10.9 Å². The molecule has 2 heterocycles. The van der Waals surface area contributed by atoms with Gasteiger partial charge in [0.2, 0.25) is 0 Å². The van der Waals surface area contributed by atoms with Crippen molar-refractivity contribution in [2.75, 3.05) is 18.5 Å². The van der Waals surface area contributed by atoms with Gasteiger partial charge in [-0.05, 0) is 42.4 Å². The highest BCUT2D eigenvalue weighted by Crippen LogP contribution is 2.36. The lowest BCUT2D eigenvalue weighted by Crippen LogP contribution is -2.41. The highest BCUT2D eigenvalue weighted by Gasteiger charge is 2.36. The van der Waals surface area contributed by atoms with Crippen LogP contribution in [0, 0.1) is 0 Å². The van der Waals surface area contributed by atoms with E-state index in [9.17, 15) is 0 Å². The van der Waals surface area contributed by atoms with E-state index in [-0.39, 0.29) is 5.04 Å². The van der Waals surface area contributed by atoms with Gasteiger partial charge in [0.05, 0.1) is 12.1 Å². The smallest absolute Gasteiger partial charge is 0.193 e. The van der Waals surface area contributed by atoms with Gasteiger partial charge in [0.1, 0.15) is 0 Å². The van der Waals surface area contributed by atoms with Crippen LogP contribution in [0.15, 0.2) is 42.0 Å². The number of nitrogens with zero attached hydrogens (tertiary/aromatic N) is 2. The monoisotopic (exact) mass is 373 g/mol. The Morgan fingerprint density at radius 2 is 2.04 bits per heavy atom. The molecule has 0 spiro atoms. The first-order chi connectivity index (χ1) is 11.8. The van der Waals surface area contributed by atoms with Crippen LogP contribution in [-0.4, -0.2) is 31.0 Å². The van der Waals surface area contributed by atoms with Crippen LogP contribution in [0.1, 0.15) is 20.8 Å². The molecule has 0 atom stereocenters. The van der Waals surface area contributed by atoms with Crippen LogP contribution in [-0.2, 0) is 4.43 Å². The molecule has 0 saturated heterocycles. The van der Waals surface area contributed by atoms with E-state index in [4.69, 9.17) is 4.43 Å². The summed E-state index contributed by atoms with van der Waals surface area (Å²) in [7, 11) is -1.66. The number of hydrogen-bond acceptors (Lipinski definition) is 4. The number of thiazole rings is 1. The lowest BCUT2D eigenvalue weighted by atomic mass is 10.2. The van der Waals surface area contributed by atoms with Crippen LogP contribution in [0.5, 0.6) is 0 Å². The molecule has 0 amide bonds. The molecule has 2 aromatic heterocycles. The van der Waals surface area contributed by atoms with Gasteiger partial charge in [0, 0.05) is 35.4 Å². The molecule has 1 aromatic carbocycles. The molecule has 0 bridgehead atoms. The van der Waals surface area contributed by atoms with Gasteiger partial charge in [-0.1, -0.05) is 20.8 Å². The molecule has 6 heteroatoms. The first-order valence-electron chi connectivity index (χ1n) is 8.67. The predicted octanol–water partition coefficient (Wildman–Crippen LogP) is 5.52. The summed E-state index contributed by atoms with van der Waals surface area (Å²) in [5.74, 6) is 0. The third-order valence-electron chi connectivity index (χ3n) is 5.02. The Hall–Kier alpha value is -1.63. The summed E-state index contributed by atoms with van der Waals surface area (Å²) in [6, 6.07) is 8.59. The van der Waals surface area contributed by atoms with Crippen molar-refractivity contribution >= 4 is 36.2 Å². The maximum Gasteiger partial charge on any atom is 0.193 e. The van der Waals surface area contributed by atoms with Crippen molar-refractivity contribution in [3.63, 3.8) is 0 Å². The zero-order chi connectivity index (χ0) is 18.1. The molecule has 0 aliphatic rings. The van der Waals surface area contributed by atoms with Crippen molar-refractivity contribution in [1.82, 2.24) is 9.55 Å². The summed E-state index contributed by atoms with van der Waals surface area (Å²) >= 11 is 1.64. The Bertz CT molecular complexity index is 834. The van der Waals surface area contributed by atoms with Crippen molar-refractivity contribution in [2.45, 2.75) is 38.9 Å². The van der Waals surface area contributed by atoms with Crippen molar-refractivity contribution in [3.8, 4) is 5.13 Å². The fourth-order valence-electron chi connectivity index (χ4n) is 2.47. The van der Waals surface area contributed by atoms with Gasteiger partial charge >= 0.3 is 0 Å². The fraction of sp³-hybridized carbons (Fsp3) is 0.421. The lowest BCUT2D eigenvalue weighted by Gasteiger charge is -2.36. The maximum atomic E-state index is 6.22. The van der Waals surface area contributed by atoms with Crippen LogP contribution in [0.3, 0.4) is 0 Å². The molecule has 1 N–H and O–H groups in total. The van der Waals surface area contributed by atoms with Crippen LogP contribution < -0.4 is 5.32 Å². The molecular formula is C19H27N3OSSi. The Balaban J connectivity index is 1.62. The fourth-order valence-corrected chi connectivity index (χ4v) is 4.16. The number of hydrogen-bond donors (Lipinski definition) is 1. The van der Waals surface area contributed by atoms with Gasteiger partial charge in [0.15, 0.2) is 13.4 Å². The molecular weight excluding hydrogens is 346 g/mol. The average Bonchev–Trinajstić information content (AvgIpc) is 3.18. The minimum absolute atomic E-state index is 0.255. The van der Waals surface area contributed by atoms with Crippen LogP contribution in [0.4, 0.5) is 5.69 Å². The molecule has 3 rings (SSSR count). The van der Waals surface area contributed by atoms with Crippen LogP contribution in [0.2, 0.25) is 18.1 Å². The lowest BCUT2D eigenvalue weighted by molar-refractivity contribution is 0.301. The second kappa shape index (κ2) is 6.94. The standard InChI is InChI=1S/C19H27N3OSSi/c1-19(2,3)25(4,5)23-12-9-20-16-6-7-17-15(14-16)8-11-22(17)18-21-10-13-24-18/h6-8,10-11,13-14,20H,9,12H2,1-5H3. The largest absolute Gasteiger partial charge is 0.415 e. The van der Waals surface area contributed by atoms with Crippen LogP contribution in [0.25, 0.3) is 16.0 Å². The molecule has 0 aliphatic carbocycles. The topological polar surface area (TPSA) is 39.1 Å². The second-order valence-corrected chi connectivity index (χ2v) is 13.5. The minimum Gasteiger partial charge on any atom is -0.415 e. The second-order valence-electron chi connectivity index (χ2n) is 7.81. The molecule has 134 valence electrons. The van der Waals surface area contributed by atoms with Crippen molar-refractivity contribution in [3.05, 3.63) is 42.0 Å². The van der Waals surface area contributed by atoms with Crippen LogP contribution >= 0.6 is 11.3 Å². The number of benzene rings is 1. The number of anilines is 1. The van der Waals surface area contributed by atoms with Gasteiger partial charge in [-0.3, -0.25) is 4.57 Å². The Morgan fingerprint density at radius 1 is 1.24 bits per heavy atom. The van der Waals surface area contributed by atoms with Gasteiger partial charge in [-0.2, -0.15) is 0 Å². The summed E-state index contributed by atoms with van der Waals surface area (Å²) < 4.78 is 8.35. The van der Waals surface area contributed by atoms with E-state index >= 15 is 0 Å². The predicted molar refractivity (Wildman–Crippen MR) is 111 cm³/mol. The Kier molecular flexibility index (Phi) is 5.04. The normalized spacial score (nSPS) is 12.7. The minimum atomic E-state index is -1.66. The maximum absolute atomic E-state index is 6.22. The van der Waals surface area contributed by atoms with E-state index in [1.54, 1.807) is 11.3 Å². The summed E-state index contributed by atoms with van der Waals surface area (Å²) in [5, 5.41) is 7.95. The summed E-state index contributed by atoms with van der Waals surface area (Å²) in [4.78, 5) is 4.39. The third kappa shape index (κ3) is 3.97. The Morgan fingerprint density at radius 3 is 2.72 bits per heavy atom. The quantitative estimate of drug-likeness (QED) is 0.457. The van der Waals surface area contributed by atoms with Gasteiger partial charge in [0.25, 0.3) is 0 Å². The molecule has 0 radical (unpaired) electrons. The van der Waals surface area contributed by atoms with E-state index in [1.807, 2.05) is 11.6 Å². The van der Waals surface area contributed by atoms with E-state index in [0.717, 1.165) is 24.0 Å². The van der Waals surface area contributed by atoms with E-state index in [0.29, 0.717) is 0 Å². The number of rotatable bonds is 6. The number of aromatic nitrogens is 2. The molecule has 0 fully saturated rings. The van der Waals surface area contributed by atoms with Gasteiger partial charge in [-0.15, -0.1) is 11.3 Å². The first kappa shape index (κ1) is 18.2. The first-order valence-corrected chi connectivity index (χ1v) is 12.5. The molecule has 25 heavy (non-hydrogen) atoms. The summed E-state index contributed by atoms with van der Waals surface area (Å²) in [6.07, 6.45) is 3.91. The van der Waals surface area contributed by atoms with Gasteiger partial charge < -0.3 is 9.74 Å². The molecule has 3 aromatic rings. The molecule has 0 unspecified atom stereocenters. The van der Waals surface area contributed by atoms with Crippen molar-refractivity contribution in [2.24, 2.45) is 0 Å². The van der Waals surface area contributed by atoms with Crippen molar-refractivity contribution in [1.29, 1.82) is 0 Å². The zero-order valence-corrected chi connectivity index (χ0v) is 17.5. The highest BCUT2D eigenvalue weighted by atomic mass is 32.1. The Labute approximate surface area is 155 Å². The zero-order valence-electron chi connectivity index (χ0n) is 15.7. The number of fused-ring (bicyclic) bond motifs is 1. The molecule has 4 nitrogen and oxygen atoms in total. The van der Waals surface area contributed by atoms with Crippen molar-refractivity contribution < 1.29 is 4.43 Å². The van der Waals surface area contributed by atoms with Gasteiger partial charge in [-0.25, -0.2) is 4.98 Å². The van der Waals surface area contributed by atoms with E-state index < -0.39 is 8.32 Å².